The van der Waals surface area contributed by atoms with Crippen LogP contribution in [-0.2, 0) is 13.0 Å². The van der Waals surface area contributed by atoms with Crippen molar-refractivity contribution in [2.75, 3.05) is 6.54 Å². The van der Waals surface area contributed by atoms with Gasteiger partial charge in [-0.15, -0.1) is 0 Å². The van der Waals surface area contributed by atoms with Crippen LogP contribution in [0.3, 0.4) is 0 Å². The number of hydrogen-bond donors (Lipinski definition) is 1. The van der Waals surface area contributed by atoms with Crippen molar-refractivity contribution in [3.63, 3.8) is 0 Å². The number of nitrogens with zero attached hydrogens (tertiary/aromatic N) is 2. The minimum Gasteiger partial charge on any atom is -0.312 e. The van der Waals surface area contributed by atoms with E-state index in [4.69, 9.17) is 0 Å². The van der Waals surface area contributed by atoms with Gasteiger partial charge >= 0.3 is 0 Å². The summed E-state index contributed by atoms with van der Waals surface area (Å²) in [7, 11) is 0. The maximum Gasteiger partial charge on any atom is 0.0413 e. The molecule has 0 saturated carbocycles. The van der Waals surface area contributed by atoms with Crippen LogP contribution in [0, 0.1) is 6.92 Å². The van der Waals surface area contributed by atoms with Gasteiger partial charge in [0.05, 0.1) is 0 Å². The summed E-state index contributed by atoms with van der Waals surface area (Å²) in [5.41, 5.74) is 3.84. The Morgan fingerprint density at radius 3 is 2.56 bits per heavy atom. The highest BCUT2D eigenvalue weighted by Gasteiger charge is 2.00. The van der Waals surface area contributed by atoms with Crippen molar-refractivity contribution >= 4 is 15.9 Å². The second-order valence-electron chi connectivity index (χ2n) is 4.20. The van der Waals surface area contributed by atoms with Gasteiger partial charge < -0.3 is 5.32 Å². The molecule has 0 unspecified atom stereocenters. The van der Waals surface area contributed by atoms with Gasteiger partial charge in [-0.3, -0.25) is 9.97 Å². The first-order valence-electron chi connectivity index (χ1n) is 5.96. The summed E-state index contributed by atoms with van der Waals surface area (Å²) >= 11 is 3.49. The van der Waals surface area contributed by atoms with Crippen LogP contribution in [0.15, 0.2) is 41.4 Å². The van der Waals surface area contributed by atoms with Crippen LogP contribution in [0.5, 0.6) is 0 Å². The van der Waals surface area contributed by atoms with Crippen LogP contribution in [0.4, 0.5) is 0 Å². The molecule has 3 nitrogen and oxygen atoms in total. The highest BCUT2D eigenvalue weighted by molar-refractivity contribution is 9.10. The first-order valence-corrected chi connectivity index (χ1v) is 6.75. The van der Waals surface area contributed by atoms with Gasteiger partial charge in [-0.25, -0.2) is 0 Å². The van der Waals surface area contributed by atoms with E-state index < -0.39 is 0 Å². The molecule has 2 rings (SSSR count). The molecule has 2 heterocycles. The molecule has 0 bridgehead atoms. The molecule has 0 atom stereocenters. The average Bonchev–Trinajstić information content (AvgIpc) is 2.38. The molecule has 0 aliphatic heterocycles. The Balaban J connectivity index is 1.80. The molecular formula is C14H16BrN3. The normalized spacial score (nSPS) is 10.6. The van der Waals surface area contributed by atoms with Crippen molar-refractivity contribution < 1.29 is 0 Å². The minimum absolute atomic E-state index is 0.854. The molecule has 0 aliphatic carbocycles. The standard InChI is InChI=1S/C14H16BrN3/c1-11-8-16-5-2-12(11)3-6-17-9-13-4-7-18-10-14(13)15/h2,4-5,7-8,10,17H,3,6,9H2,1H3. The van der Waals surface area contributed by atoms with Gasteiger partial charge in [-0.1, -0.05) is 0 Å². The van der Waals surface area contributed by atoms with E-state index in [0.29, 0.717) is 0 Å². The fourth-order valence-corrected chi connectivity index (χ4v) is 2.17. The largest absolute Gasteiger partial charge is 0.312 e. The average molecular weight is 306 g/mol. The van der Waals surface area contributed by atoms with E-state index in [-0.39, 0.29) is 0 Å². The van der Waals surface area contributed by atoms with Crippen molar-refractivity contribution in [1.29, 1.82) is 0 Å². The van der Waals surface area contributed by atoms with Gasteiger partial charge in [0.25, 0.3) is 0 Å². The van der Waals surface area contributed by atoms with Crippen molar-refractivity contribution in [2.24, 2.45) is 0 Å². The third kappa shape index (κ3) is 3.62. The summed E-state index contributed by atoms with van der Waals surface area (Å²) in [5, 5.41) is 3.44. The molecule has 0 fully saturated rings. The van der Waals surface area contributed by atoms with Gasteiger partial charge in [-0.05, 0) is 64.6 Å². The Morgan fingerprint density at radius 1 is 1.11 bits per heavy atom. The predicted molar refractivity (Wildman–Crippen MR) is 76.3 cm³/mol. The third-order valence-electron chi connectivity index (χ3n) is 2.88. The predicted octanol–water partition coefficient (Wildman–Crippen LogP) is 2.88. The van der Waals surface area contributed by atoms with Gasteiger partial charge in [0.2, 0.25) is 0 Å². The smallest absolute Gasteiger partial charge is 0.0413 e. The molecule has 0 spiro atoms. The Kier molecular flexibility index (Phi) is 4.84. The molecule has 2 aromatic heterocycles. The molecule has 0 aliphatic rings. The van der Waals surface area contributed by atoms with E-state index >= 15 is 0 Å². The minimum atomic E-state index is 0.854. The zero-order valence-electron chi connectivity index (χ0n) is 10.4. The SMILES string of the molecule is Cc1cnccc1CCNCc1ccncc1Br. The fourth-order valence-electron chi connectivity index (χ4n) is 1.78. The molecule has 1 N–H and O–H groups in total. The highest BCUT2D eigenvalue weighted by Crippen LogP contribution is 2.13. The van der Waals surface area contributed by atoms with Gasteiger partial charge in [0, 0.05) is 35.8 Å². The summed E-state index contributed by atoms with van der Waals surface area (Å²) < 4.78 is 1.05. The molecule has 4 heteroatoms. The number of hydrogen-bond acceptors (Lipinski definition) is 3. The molecular weight excluding hydrogens is 290 g/mol. The second-order valence-corrected chi connectivity index (χ2v) is 5.05. The zero-order chi connectivity index (χ0) is 12.8. The lowest BCUT2D eigenvalue weighted by Gasteiger charge is -2.08. The highest BCUT2D eigenvalue weighted by atomic mass is 79.9. The van der Waals surface area contributed by atoms with Crippen LogP contribution in [0.1, 0.15) is 16.7 Å². The summed E-state index contributed by atoms with van der Waals surface area (Å²) in [5.74, 6) is 0. The van der Waals surface area contributed by atoms with Crippen molar-refractivity contribution in [1.82, 2.24) is 15.3 Å². The summed E-state index contributed by atoms with van der Waals surface area (Å²) in [6.45, 7) is 3.91. The van der Waals surface area contributed by atoms with Crippen LogP contribution in [0.2, 0.25) is 0 Å². The molecule has 18 heavy (non-hydrogen) atoms. The Morgan fingerprint density at radius 2 is 1.83 bits per heavy atom. The monoisotopic (exact) mass is 305 g/mol. The number of pyridine rings is 2. The maximum absolute atomic E-state index is 4.10. The first kappa shape index (κ1) is 13.2. The summed E-state index contributed by atoms with van der Waals surface area (Å²) in [6.07, 6.45) is 8.42. The number of nitrogens with one attached hydrogen (secondary N) is 1. The van der Waals surface area contributed by atoms with Crippen LogP contribution in [0.25, 0.3) is 0 Å². The lowest BCUT2D eigenvalue weighted by atomic mass is 10.1. The number of rotatable bonds is 5. The van der Waals surface area contributed by atoms with Crippen molar-refractivity contribution in [2.45, 2.75) is 19.9 Å². The molecule has 0 radical (unpaired) electrons. The third-order valence-corrected chi connectivity index (χ3v) is 3.59. The fraction of sp³-hybridized carbons (Fsp3) is 0.286. The Hall–Kier alpha value is -1.26. The topological polar surface area (TPSA) is 37.8 Å². The number of aromatic nitrogens is 2. The van der Waals surface area contributed by atoms with E-state index in [1.165, 1.54) is 16.7 Å². The van der Waals surface area contributed by atoms with Crippen molar-refractivity contribution in [3.05, 3.63) is 58.1 Å². The van der Waals surface area contributed by atoms with E-state index in [9.17, 15) is 0 Å². The van der Waals surface area contributed by atoms with E-state index in [1.807, 2.05) is 30.9 Å². The lowest BCUT2D eigenvalue weighted by molar-refractivity contribution is 0.683. The molecule has 94 valence electrons. The summed E-state index contributed by atoms with van der Waals surface area (Å²) in [4.78, 5) is 8.15. The van der Waals surface area contributed by atoms with Crippen LogP contribution in [-0.4, -0.2) is 16.5 Å². The second kappa shape index (κ2) is 6.61. The molecule has 0 amide bonds. The van der Waals surface area contributed by atoms with E-state index in [1.54, 1.807) is 0 Å². The molecule has 0 aromatic carbocycles. The number of halogens is 1. The summed E-state index contributed by atoms with van der Waals surface area (Å²) in [6, 6.07) is 4.11. The number of aryl methyl sites for hydroxylation is 1. The van der Waals surface area contributed by atoms with Crippen molar-refractivity contribution in [3.8, 4) is 0 Å². The lowest BCUT2D eigenvalue weighted by Crippen LogP contribution is -2.17. The van der Waals surface area contributed by atoms with Crippen LogP contribution < -0.4 is 5.32 Å². The maximum atomic E-state index is 4.10. The Bertz CT molecular complexity index is 466. The van der Waals surface area contributed by atoms with E-state index in [0.717, 1.165) is 24.0 Å². The van der Waals surface area contributed by atoms with Gasteiger partial charge in [-0.2, -0.15) is 0 Å². The molecule has 0 saturated heterocycles. The van der Waals surface area contributed by atoms with Gasteiger partial charge in [0.1, 0.15) is 0 Å². The molecule has 2 aromatic rings. The quantitative estimate of drug-likeness (QED) is 0.863. The van der Waals surface area contributed by atoms with E-state index in [2.05, 4.69) is 44.2 Å². The zero-order valence-corrected chi connectivity index (χ0v) is 11.9. The van der Waals surface area contributed by atoms with Crippen LogP contribution >= 0.6 is 15.9 Å². The Labute approximate surface area is 116 Å². The van der Waals surface area contributed by atoms with Gasteiger partial charge in [0.15, 0.2) is 0 Å². The first-order chi connectivity index (χ1) is 8.77.